The smallest absolute Gasteiger partial charge is 0.00208 e. The molecular weight excluding hydrogens is 188 g/mol. The summed E-state index contributed by atoms with van der Waals surface area (Å²) < 4.78 is 0. The van der Waals surface area contributed by atoms with Crippen molar-refractivity contribution in [3.63, 3.8) is 0 Å². The zero-order valence-corrected chi connectivity index (χ0v) is 9.13. The second-order valence-electron chi connectivity index (χ2n) is 2.79. The highest BCUT2D eigenvalue weighted by Crippen LogP contribution is 2.10. The molecular formula is C13H14S. The Hall–Kier alpha value is -1.34. The SMILES string of the molecule is C=CC(/C=C/c1ccsc1)=C\C=C/C. The van der Waals surface area contributed by atoms with E-state index in [1.807, 2.05) is 31.2 Å². The van der Waals surface area contributed by atoms with Gasteiger partial charge >= 0.3 is 0 Å². The number of allylic oxidation sites excluding steroid dienone is 6. The lowest BCUT2D eigenvalue weighted by molar-refractivity contribution is 1.67. The predicted molar refractivity (Wildman–Crippen MR) is 66.4 cm³/mol. The van der Waals surface area contributed by atoms with Crippen LogP contribution >= 0.6 is 11.3 Å². The van der Waals surface area contributed by atoms with Gasteiger partial charge in [-0.25, -0.2) is 0 Å². The van der Waals surface area contributed by atoms with Gasteiger partial charge in [0.15, 0.2) is 0 Å². The van der Waals surface area contributed by atoms with Gasteiger partial charge in [0.2, 0.25) is 0 Å². The summed E-state index contributed by atoms with van der Waals surface area (Å²) in [6, 6.07) is 2.09. The van der Waals surface area contributed by atoms with Crippen molar-refractivity contribution in [2.75, 3.05) is 0 Å². The van der Waals surface area contributed by atoms with E-state index in [9.17, 15) is 0 Å². The molecule has 0 aromatic carbocycles. The van der Waals surface area contributed by atoms with Gasteiger partial charge in [-0.15, -0.1) is 0 Å². The van der Waals surface area contributed by atoms with E-state index in [0.29, 0.717) is 0 Å². The molecule has 0 radical (unpaired) electrons. The van der Waals surface area contributed by atoms with Crippen LogP contribution in [0.3, 0.4) is 0 Å². The number of rotatable bonds is 4. The first-order valence-corrected chi connectivity index (χ1v) is 5.47. The summed E-state index contributed by atoms with van der Waals surface area (Å²) >= 11 is 1.71. The van der Waals surface area contributed by atoms with Crippen LogP contribution in [-0.4, -0.2) is 0 Å². The molecule has 0 nitrogen and oxygen atoms in total. The maximum Gasteiger partial charge on any atom is -0.00208 e. The minimum Gasteiger partial charge on any atom is -0.152 e. The second kappa shape index (κ2) is 6.17. The molecule has 0 atom stereocenters. The average molecular weight is 202 g/mol. The van der Waals surface area contributed by atoms with E-state index in [-0.39, 0.29) is 0 Å². The predicted octanol–water partition coefficient (Wildman–Crippen LogP) is 4.45. The molecule has 0 amide bonds. The van der Waals surface area contributed by atoms with Gasteiger partial charge in [-0.05, 0) is 34.9 Å². The Morgan fingerprint density at radius 2 is 2.36 bits per heavy atom. The third-order valence-electron chi connectivity index (χ3n) is 1.73. The molecule has 0 unspecified atom stereocenters. The van der Waals surface area contributed by atoms with Crippen LogP contribution in [0.4, 0.5) is 0 Å². The zero-order valence-electron chi connectivity index (χ0n) is 8.31. The molecule has 0 fully saturated rings. The van der Waals surface area contributed by atoms with E-state index in [0.717, 1.165) is 5.57 Å². The second-order valence-corrected chi connectivity index (χ2v) is 3.57. The quantitative estimate of drug-likeness (QED) is 0.633. The monoisotopic (exact) mass is 202 g/mol. The van der Waals surface area contributed by atoms with Crippen LogP contribution in [0.25, 0.3) is 6.08 Å². The molecule has 72 valence electrons. The van der Waals surface area contributed by atoms with Crippen molar-refractivity contribution in [1.29, 1.82) is 0 Å². The van der Waals surface area contributed by atoms with Gasteiger partial charge in [-0.3, -0.25) is 0 Å². The fraction of sp³-hybridized carbons (Fsp3) is 0.0769. The van der Waals surface area contributed by atoms with Crippen LogP contribution in [0.2, 0.25) is 0 Å². The Kier molecular flexibility index (Phi) is 4.73. The van der Waals surface area contributed by atoms with Crippen LogP contribution in [0.1, 0.15) is 12.5 Å². The minimum absolute atomic E-state index is 1.12. The van der Waals surface area contributed by atoms with Crippen LogP contribution in [0.15, 0.2) is 59.4 Å². The largest absolute Gasteiger partial charge is 0.152 e. The summed E-state index contributed by atoms with van der Waals surface area (Å²) in [7, 11) is 0. The van der Waals surface area contributed by atoms with Crippen LogP contribution in [-0.2, 0) is 0 Å². The highest BCUT2D eigenvalue weighted by molar-refractivity contribution is 7.08. The molecule has 1 rings (SSSR count). The molecule has 0 aliphatic carbocycles. The molecule has 0 aliphatic heterocycles. The molecule has 0 N–H and O–H groups in total. The molecule has 1 aromatic rings. The number of thiophene rings is 1. The molecule has 0 spiro atoms. The Bertz CT molecular complexity index is 351. The maximum atomic E-state index is 3.76. The van der Waals surface area contributed by atoms with E-state index >= 15 is 0 Å². The average Bonchev–Trinajstić information content (AvgIpc) is 2.71. The molecule has 0 saturated carbocycles. The van der Waals surface area contributed by atoms with Gasteiger partial charge in [-0.1, -0.05) is 43.0 Å². The van der Waals surface area contributed by atoms with Crippen molar-refractivity contribution in [2.24, 2.45) is 0 Å². The molecule has 0 bridgehead atoms. The van der Waals surface area contributed by atoms with Crippen molar-refractivity contribution < 1.29 is 0 Å². The van der Waals surface area contributed by atoms with Gasteiger partial charge in [0.1, 0.15) is 0 Å². The van der Waals surface area contributed by atoms with E-state index in [1.54, 1.807) is 11.3 Å². The van der Waals surface area contributed by atoms with Crippen molar-refractivity contribution in [1.82, 2.24) is 0 Å². The Morgan fingerprint density at radius 3 is 2.93 bits per heavy atom. The summed E-state index contributed by atoms with van der Waals surface area (Å²) in [6.45, 7) is 5.76. The Labute approximate surface area is 89.6 Å². The maximum absolute atomic E-state index is 3.76. The van der Waals surface area contributed by atoms with Gasteiger partial charge in [0.05, 0.1) is 0 Å². The lowest BCUT2D eigenvalue weighted by atomic mass is 10.2. The summed E-state index contributed by atoms with van der Waals surface area (Å²) in [5.41, 5.74) is 2.36. The molecule has 14 heavy (non-hydrogen) atoms. The summed E-state index contributed by atoms with van der Waals surface area (Å²) in [4.78, 5) is 0. The van der Waals surface area contributed by atoms with Gasteiger partial charge in [0, 0.05) is 0 Å². The first kappa shape index (κ1) is 10.7. The first-order valence-electron chi connectivity index (χ1n) is 4.52. The number of hydrogen-bond acceptors (Lipinski definition) is 1. The highest BCUT2D eigenvalue weighted by Gasteiger charge is 1.85. The van der Waals surface area contributed by atoms with Crippen molar-refractivity contribution in [2.45, 2.75) is 6.92 Å². The molecule has 0 saturated heterocycles. The molecule has 0 aliphatic rings. The van der Waals surface area contributed by atoms with Gasteiger partial charge < -0.3 is 0 Å². The van der Waals surface area contributed by atoms with Crippen LogP contribution in [0, 0.1) is 0 Å². The zero-order chi connectivity index (χ0) is 10.2. The van der Waals surface area contributed by atoms with Crippen LogP contribution in [0.5, 0.6) is 0 Å². The molecule has 1 heterocycles. The highest BCUT2D eigenvalue weighted by atomic mass is 32.1. The van der Waals surface area contributed by atoms with Crippen molar-refractivity contribution in [3.05, 3.63) is 64.9 Å². The van der Waals surface area contributed by atoms with Crippen molar-refractivity contribution in [3.8, 4) is 0 Å². The van der Waals surface area contributed by atoms with Gasteiger partial charge in [-0.2, -0.15) is 11.3 Å². The Morgan fingerprint density at radius 1 is 1.50 bits per heavy atom. The lowest BCUT2D eigenvalue weighted by Gasteiger charge is -1.89. The molecule has 1 aromatic heterocycles. The first-order chi connectivity index (χ1) is 6.86. The number of hydrogen-bond donors (Lipinski definition) is 0. The molecule has 1 heteroatoms. The summed E-state index contributed by atoms with van der Waals surface area (Å²) in [5.74, 6) is 0. The standard InChI is InChI=1S/C13H14S/c1-3-5-6-12(4-2)7-8-13-9-10-14-11-13/h3-11H,2H2,1H3/b5-3-,8-7+,12-6+. The Balaban J connectivity index is 2.70. The van der Waals surface area contributed by atoms with E-state index < -0.39 is 0 Å². The minimum atomic E-state index is 1.12. The van der Waals surface area contributed by atoms with Gasteiger partial charge in [0.25, 0.3) is 0 Å². The third kappa shape index (κ3) is 3.58. The topological polar surface area (TPSA) is 0 Å². The summed E-state index contributed by atoms with van der Waals surface area (Å²) in [6.07, 6.45) is 12.1. The summed E-state index contributed by atoms with van der Waals surface area (Å²) in [5, 5.41) is 4.19. The fourth-order valence-corrected chi connectivity index (χ4v) is 1.59. The van der Waals surface area contributed by atoms with E-state index in [1.165, 1.54) is 5.56 Å². The van der Waals surface area contributed by atoms with E-state index in [4.69, 9.17) is 0 Å². The fourth-order valence-electron chi connectivity index (χ4n) is 0.961. The lowest BCUT2D eigenvalue weighted by Crippen LogP contribution is -1.68. The van der Waals surface area contributed by atoms with Crippen LogP contribution < -0.4 is 0 Å². The normalized spacial score (nSPS) is 12.8. The third-order valence-corrected chi connectivity index (χ3v) is 2.43. The van der Waals surface area contributed by atoms with Crippen molar-refractivity contribution >= 4 is 17.4 Å². The van der Waals surface area contributed by atoms with E-state index in [2.05, 4.69) is 35.6 Å².